The van der Waals surface area contributed by atoms with E-state index in [-0.39, 0.29) is 6.10 Å². The first-order valence-corrected chi connectivity index (χ1v) is 7.82. The predicted molar refractivity (Wildman–Crippen MR) is 83.7 cm³/mol. The highest BCUT2D eigenvalue weighted by molar-refractivity contribution is 4.65. The first-order valence-electron chi connectivity index (χ1n) is 7.82. The Bertz CT molecular complexity index is 196. The number of hydrogen-bond donors (Lipinski definition) is 2. The van der Waals surface area contributed by atoms with Gasteiger partial charge in [0, 0.05) is 19.1 Å². The smallest absolute Gasteiger partial charge is 0.0791 e. The van der Waals surface area contributed by atoms with Crippen molar-refractivity contribution >= 4 is 0 Å². The molecule has 0 aromatic carbocycles. The largest absolute Gasteiger partial charge is 0.390 e. The average Bonchev–Trinajstić information content (AvgIpc) is 2.39. The quantitative estimate of drug-likeness (QED) is 0.527. The number of aliphatic hydroxyl groups excluding tert-OH is 1. The van der Waals surface area contributed by atoms with E-state index < -0.39 is 0 Å². The fraction of sp³-hybridized carbons (Fsp3) is 1.00. The molecule has 0 rings (SSSR count). The lowest BCUT2D eigenvalue weighted by molar-refractivity contribution is 0.117. The first kappa shape index (κ1) is 18.8. The highest BCUT2D eigenvalue weighted by Gasteiger charge is 2.08. The molecule has 1 atom stereocenters. The molecule has 2 N–H and O–H groups in total. The lowest BCUT2D eigenvalue weighted by Gasteiger charge is -2.22. The second-order valence-corrected chi connectivity index (χ2v) is 5.63. The van der Waals surface area contributed by atoms with Crippen LogP contribution in [0.3, 0.4) is 0 Å². The molecule has 0 aliphatic rings. The number of hydrogen-bond acceptors (Lipinski definition) is 4. The Hall–Kier alpha value is -0.160. The minimum atomic E-state index is -0.252. The molecule has 4 nitrogen and oxygen atoms in total. The Balaban J connectivity index is 3.43. The summed E-state index contributed by atoms with van der Waals surface area (Å²) in [5, 5.41) is 13.2. The van der Waals surface area contributed by atoms with Crippen LogP contribution in [0.2, 0.25) is 0 Å². The molecule has 0 spiro atoms. The van der Waals surface area contributed by atoms with Gasteiger partial charge in [0.05, 0.1) is 6.10 Å². The van der Waals surface area contributed by atoms with Crippen LogP contribution >= 0.6 is 0 Å². The Morgan fingerprint density at radius 1 is 1.11 bits per heavy atom. The molecule has 116 valence electrons. The van der Waals surface area contributed by atoms with Gasteiger partial charge in [-0.25, -0.2) is 0 Å². The van der Waals surface area contributed by atoms with Crippen molar-refractivity contribution in [3.05, 3.63) is 0 Å². The SMILES string of the molecule is CCN(CC)CC(O)CNCCCCN(C)C(C)C. The van der Waals surface area contributed by atoms with E-state index in [1.807, 2.05) is 0 Å². The van der Waals surface area contributed by atoms with Gasteiger partial charge in [-0.2, -0.15) is 0 Å². The molecule has 0 aliphatic carbocycles. The van der Waals surface area contributed by atoms with Gasteiger partial charge in [0.2, 0.25) is 0 Å². The van der Waals surface area contributed by atoms with Crippen LogP contribution in [0, 0.1) is 0 Å². The van der Waals surface area contributed by atoms with Crippen molar-refractivity contribution in [2.75, 3.05) is 46.3 Å². The van der Waals surface area contributed by atoms with Crippen LogP contribution in [0.15, 0.2) is 0 Å². The van der Waals surface area contributed by atoms with Crippen molar-refractivity contribution in [1.29, 1.82) is 0 Å². The van der Waals surface area contributed by atoms with Gasteiger partial charge < -0.3 is 20.2 Å². The molecule has 0 aromatic heterocycles. The maximum atomic E-state index is 9.89. The predicted octanol–water partition coefficient (Wildman–Crippen LogP) is 1.40. The maximum Gasteiger partial charge on any atom is 0.0791 e. The zero-order valence-corrected chi connectivity index (χ0v) is 13.7. The minimum Gasteiger partial charge on any atom is -0.390 e. The van der Waals surface area contributed by atoms with E-state index in [9.17, 15) is 5.11 Å². The van der Waals surface area contributed by atoms with Gasteiger partial charge in [-0.3, -0.25) is 0 Å². The van der Waals surface area contributed by atoms with Gasteiger partial charge >= 0.3 is 0 Å². The Labute approximate surface area is 120 Å². The number of rotatable bonds is 12. The lowest BCUT2D eigenvalue weighted by Crippen LogP contribution is -2.38. The summed E-state index contributed by atoms with van der Waals surface area (Å²) in [6.07, 6.45) is 2.14. The molecule has 0 fully saturated rings. The van der Waals surface area contributed by atoms with Crippen LogP contribution in [0.5, 0.6) is 0 Å². The summed E-state index contributed by atoms with van der Waals surface area (Å²) >= 11 is 0. The molecule has 0 bridgehead atoms. The summed E-state index contributed by atoms with van der Waals surface area (Å²) in [6, 6.07) is 0.629. The van der Waals surface area contributed by atoms with Crippen molar-refractivity contribution in [3.63, 3.8) is 0 Å². The highest BCUT2D eigenvalue weighted by atomic mass is 16.3. The molecular formula is C15H35N3O. The van der Waals surface area contributed by atoms with Crippen molar-refractivity contribution in [1.82, 2.24) is 15.1 Å². The third-order valence-electron chi connectivity index (χ3n) is 3.74. The van der Waals surface area contributed by atoms with Gasteiger partial charge in [0.25, 0.3) is 0 Å². The molecule has 0 radical (unpaired) electrons. The Kier molecular flexibility index (Phi) is 11.6. The van der Waals surface area contributed by atoms with Gasteiger partial charge in [-0.05, 0) is 59.9 Å². The number of likely N-dealkylation sites (N-methyl/N-ethyl adjacent to an activating group) is 1. The molecule has 4 heteroatoms. The van der Waals surface area contributed by atoms with Crippen LogP contribution in [0.1, 0.15) is 40.5 Å². The van der Waals surface area contributed by atoms with Gasteiger partial charge in [-0.1, -0.05) is 13.8 Å². The molecule has 0 saturated carbocycles. The van der Waals surface area contributed by atoms with Crippen molar-refractivity contribution in [3.8, 4) is 0 Å². The molecule has 19 heavy (non-hydrogen) atoms. The summed E-state index contributed by atoms with van der Waals surface area (Å²) in [6.45, 7) is 14.4. The van der Waals surface area contributed by atoms with Gasteiger partial charge in [0.1, 0.15) is 0 Å². The number of nitrogens with zero attached hydrogens (tertiary/aromatic N) is 2. The van der Waals surface area contributed by atoms with Gasteiger partial charge in [0.15, 0.2) is 0 Å². The monoisotopic (exact) mass is 273 g/mol. The van der Waals surface area contributed by atoms with E-state index in [0.717, 1.165) is 32.7 Å². The molecule has 0 heterocycles. The first-order chi connectivity index (χ1) is 9.01. The van der Waals surface area contributed by atoms with E-state index in [2.05, 4.69) is 49.9 Å². The fourth-order valence-electron chi connectivity index (χ4n) is 1.98. The standard InChI is InChI=1S/C15H35N3O/c1-6-18(7-2)13-15(19)12-16-10-8-9-11-17(5)14(3)4/h14-16,19H,6-13H2,1-5H3. The maximum absolute atomic E-state index is 9.89. The van der Waals surface area contributed by atoms with Crippen LogP contribution in [-0.2, 0) is 0 Å². The minimum absolute atomic E-state index is 0.252. The van der Waals surface area contributed by atoms with E-state index in [1.165, 1.54) is 12.8 Å². The molecule has 1 unspecified atom stereocenters. The fourth-order valence-corrected chi connectivity index (χ4v) is 1.98. The third-order valence-corrected chi connectivity index (χ3v) is 3.74. The zero-order chi connectivity index (χ0) is 14.7. The normalized spacial score (nSPS) is 13.7. The van der Waals surface area contributed by atoms with Gasteiger partial charge in [-0.15, -0.1) is 0 Å². The molecule has 0 aromatic rings. The number of aliphatic hydroxyl groups is 1. The van der Waals surface area contributed by atoms with E-state index in [0.29, 0.717) is 12.6 Å². The Morgan fingerprint density at radius 3 is 2.26 bits per heavy atom. The summed E-state index contributed by atoms with van der Waals surface area (Å²) in [4.78, 5) is 4.62. The summed E-state index contributed by atoms with van der Waals surface area (Å²) in [5.41, 5.74) is 0. The highest BCUT2D eigenvalue weighted by Crippen LogP contribution is 1.97. The summed E-state index contributed by atoms with van der Waals surface area (Å²) in [5.74, 6) is 0. The summed E-state index contributed by atoms with van der Waals surface area (Å²) in [7, 11) is 2.17. The molecule has 0 aliphatic heterocycles. The third kappa shape index (κ3) is 10.3. The number of unbranched alkanes of at least 4 members (excludes halogenated alkanes) is 1. The van der Waals surface area contributed by atoms with Crippen molar-refractivity contribution in [2.45, 2.75) is 52.7 Å². The van der Waals surface area contributed by atoms with Crippen LogP contribution in [0.25, 0.3) is 0 Å². The molecular weight excluding hydrogens is 238 g/mol. The topological polar surface area (TPSA) is 38.7 Å². The second kappa shape index (κ2) is 11.6. The van der Waals surface area contributed by atoms with Crippen molar-refractivity contribution in [2.24, 2.45) is 0 Å². The van der Waals surface area contributed by atoms with Crippen LogP contribution < -0.4 is 5.32 Å². The second-order valence-electron chi connectivity index (χ2n) is 5.63. The summed E-state index contributed by atoms with van der Waals surface area (Å²) < 4.78 is 0. The van der Waals surface area contributed by atoms with Crippen LogP contribution in [-0.4, -0.2) is 73.4 Å². The van der Waals surface area contributed by atoms with E-state index >= 15 is 0 Å². The van der Waals surface area contributed by atoms with E-state index in [1.54, 1.807) is 0 Å². The molecule has 0 saturated heterocycles. The molecule has 0 amide bonds. The van der Waals surface area contributed by atoms with Crippen LogP contribution in [0.4, 0.5) is 0 Å². The number of nitrogens with one attached hydrogen (secondary N) is 1. The van der Waals surface area contributed by atoms with E-state index in [4.69, 9.17) is 0 Å². The lowest BCUT2D eigenvalue weighted by atomic mass is 10.2. The average molecular weight is 273 g/mol. The Morgan fingerprint density at radius 2 is 1.74 bits per heavy atom. The van der Waals surface area contributed by atoms with Crippen molar-refractivity contribution < 1.29 is 5.11 Å². The zero-order valence-electron chi connectivity index (χ0n) is 13.7.